The van der Waals surface area contributed by atoms with Gasteiger partial charge in [0.05, 0.1) is 12.6 Å². The van der Waals surface area contributed by atoms with Crippen LogP contribution in [0.1, 0.15) is 37.3 Å². The fourth-order valence-corrected chi connectivity index (χ4v) is 3.54. The van der Waals surface area contributed by atoms with Crippen LogP contribution in [0.2, 0.25) is 5.02 Å². The fraction of sp³-hybridized carbons (Fsp3) is 0.471. The molecule has 6 nitrogen and oxygen atoms in total. The number of likely N-dealkylation sites (tertiary alicyclic amines) is 1. The Morgan fingerprint density at radius 3 is 2.88 bits per heavy atom. The van der Waals surface area contributed by atoms with Gasteiger partial charge in [-0.05, 0) is 37.0 Å². The number of amides is 4. The normalized spacial score (nSPS) is 20.6. The van der Waals surface area contributed by atoms with E-state index in [4.69, 9.17) is 11.6 Å². The van der Waals surface area contributed by atoms with E-state index in [1.165, 1.54) is 4.90 Å². The van der Waals surface area contributed by atoms with Crippen LogP contribution < -0.4 is 5.32 Å². The SMILES string of the molecule is O=C1CNC(=O)N1CCCC(=O)N1CCCC1c1cccc(Cl)c1. The zero-order chi connectivity index (χ0) is 17.1. The third-order valence-corrected chi connectivity index (χ3v) is 4.75. The van der Waals surface area contributed by atoms with Gasteiger partial charge < -0.3 is 10.2 Å². The van der Waals surface area contributed by atoms with Crippen LogP contribution in [0.15, 0.2) is 24.3 Å². The first-order chi connectivity index (χ1) is 11.6. The van der Waals surface area contributed by atoms with E-state index in [-0.39, 0.29) is 37.0 Å². The molecule has 0 bridgehead atoms. The van der Waals surface area contributed by atoms with Gasteiger partial charge >= 0.3 is 6.03 Å². The lowest BCUT2D eigenvalue weighted by Gasteiger charge is -2.25. The smallest absolute Gasteiger partial charge is 0.324 e. The maximum absolute atomic E-state index is 12.5. The largest absolute Gasteiger partial charge is 0.336 e. The van der Waals surface area contributed by atoms with Crippen LogP contribution in [-0.4, -0.2) is 47.3 Å². The van der Waals surface area contributed by atoms with Crippen molar-refractivity contribution in [2.75, 3.05) is 19.6 Å². The molecule has 0 aliphatic carbocycles. The zero-order valence-electron chi connectivity index (χ0n) is 13.3. The lowest BCUT2D eigenvalue weighted by Crippen LogP contribution is -2.34. The Kier molecular flexibility index (Phi) is 5.04. The Morgan fingerprint density at radius 2 is 2.17 bits per heavy atom. The van der Waals surface area contributed by atoms with Crippen molar-refractivity contribution < 1.29 is 14.4 Å². The molecule has 128 valence electrons. The first kappa shape index (κ1) is 16.8. The number of nitrogens with one attached hydrogen (secondary N) is 1. The van der Waals surface area contributed by atoms with Gasteiger partial charge in [0.25, 0.3) is 0 Å². The van der Waals surface area contributed by atoms with Crippen molar-refractivity contribution in [2.45, 2.75) is 31.7 Å². The highest BCUT2D eigenvalue weighted by Gasteiger charge is 2.31. The van der Waals surface area contributed by atoms with E-state index in [2.05, 4.69) is 5.32 Å². The number of hydrogen-bond donors (Lipinski definition) is 1. The molecule has 2 saturated heterocycles. The molecule has 1 unspecified atom stereocenters. The number of imide groups is 1. The van der Waals surface area contributed by atoms with Crippen molar-refractivity contribution >= 4 is 29.4 Å². The Morgan fingerprint density at radius 1 is 1.33 bits per heavy atom. The van der Waals surface area contributed by atoms with Gasteiger partial charge in [-0.25, -0.2) is 4.79 Å². The molecule has 24 heavy (non-hydrogen) atoms. The molecular weight excluding hydrogens is 330 g/mol. The summed E-state index contributed by atoms with van der Waals surface area (Å²) in [6.45, 7) is 1.07. The topological polar surface area (TPSA) is 69.7 Å². The van der Waals surface area contributed by atoms with E-state index in [9.17, 15) is 14.4 Å². The number of carbonyl (C=O) groups excluding carboxylic acids is 3. The van der Waals surface area contributed by atoms with Crippen molar-refractivity contribution in [3.8, 4) is 0 Å². The minimum Gasteiger partial charge on any atom is -0.336 e. The number of carbonyl (C=O) groups is 3. The van der Waals surface area contributed by atoms with E-state index in [0.717, 1.165) is 24.9 Å². The van der Waals surface area contributed by atoms with Gasteiger partial charge in [-0.3, -0.25) is 14.5 Å². The molecule has 2 fully saturated rings. The van der Waals surface area contributed by atoms with Crippen molar-refractivity contribution in [1.82, 2.24) is 15.1 Å². The van der Waals surface area contributed by atoms with E-state index in [1.54, 1.807) is 0 Å². The molecule has 1 aromatic rings. The molecule has 0 aromatic heterocycles. The fourth-order valence-electron chi connectivity index (χ4n) is 3.34. The average Bonchev–Trinajstić information content (AvgIpc) is 3.16. The first-order valence-corrected chi connectivity index (χ1v) is 8.57. The summed E-state index contributed by atoms with van der Waals surface area (Å²) in [4.78, 5) is 38.6. The highest BCUT2D eigenvalue weighted by Crippen LogP contribution is 2.33. The summed E-state index contributed by atoms with van der Waals surface area (Å²) < 4.78 is 0. The maximum Gasteiger partial charge on any atom is 0.324 e. The zero-order valence-corrected chi connectivity index (χ0v) is 14.1. The Balaban J connectivity index is 1.56. The third kappa shape index (κ3) is 3.53. The highest BCUT2D eigenvalue weighted by atomic mass is 35.5. The Bertz CT molecular complexity index is 648. The van der Waals surface area contributed by atoms with E-state index in [0.29, 0.717) is 17.9 Å². The summed E-state index contributed by atoms with van der Waals surface area (Å²) in [7, 11) is 0. The lowest BCUT2D eigenvalue weighted by molar-refractivity contribution is -0.133. The summed E-state index contributed by atoms with van der Waals surface area (Å²) >= 11 is 6.06. The summed E-state index contributed by atoms with van der Waals surface area (Å²) in [6.07, 6.45) is 2.71. The van der Waals surface area contributed by atoms with Gasteiger partial charge in [0.15, 0.2) is 0 Å². The molecule has 0 saturated carbocycles. The molecule has 7 heteroatoms. The molecule has 2 aliphatic rings. The number of rotatable bonds is 5. The molecule has 0 spiro atoms. The third-order valence-electron chi connectivity index (χ3n) is 4.52. The van der Waals surface area contributed by atoms with Gasteiger partial charge in [-0.1, -0.05) is 23.7 Å². The van der Waals surface area contributed by atoms with Gasteiger partial charge in [0.2, 0.25) is 11.8 Å². The minimum atomic E-state index is -0.370. The Hall–Kier alpha value is -2.08. The number of halogens is 1. The van der Waals surface area contributed by atoms with Crippen LogP contribution in [-0.2, 0) is 9.59 Å². The van der Waals surface area contributed by atoms with Crippen LogP contribution in [0.5, 0.6) is 0 Å². The van der Waals surface area contributed by atoms with Crippen molar-refractivity contribution in [2.24, 2.45) is 0 Å². The van der Waals surface area contributed by atoms with Crippen LogP contribution >= 0.6 is 11.6 Å². The molecule has 3 rings (SSSR count). The summed E-state index contributed by atoms with van der Waals surface area (Å²) in [5.74, 6) is -0.171. The molecule has 2 aliphatic heterocycles. The lowest BCUT2D eigenvalue weighted by atomic mass is 10.0. The number of nitrogens with zero attached hydrogens (tertiary/aromatic N) is 2. The van der Waals surface area contributed by atoms with Gasteiger partial charge in [0.1, 0.15) is 0 Å². The minimum absolute atomic E-state index is 0.0513. The molecule has 1 atom stereocenters. The van der Waals surface area contributed by atoms with Crippen LogP contribution in [0.25, 0.3) is 0 Å². The van der Waals surface area contributed by atoms with Gasteiger partial charge in [-0.15, -0.1) is 0 Å². The van der Waals surface area contributed by atoms with Crippen LogP contribution in [0.4, 0.5) is 4.79 Å². The predicted molar refractivity (Wildman–Crippen MR) is 89.5 cm³/mol. The van der Waals surface area contributed by atoms with Crippen molar-refractivity contribution in [1.29, 1.82) is 0 Å². The Labute approximate surface area is 145 Å². The molecule has 0 radical (unpaired) electrons. The summed E-state index contributed by atoms with van der Waals surface area (Å²) in [6, 6.07) is 7.32. The standard InChI is InChI=1S/C17H20ClN3O3/c18-13-5-1-4-12(10-13)14-6-2-8-20(14)15(22)7-3-9-21-16(23)11-19-17(21)24/h1,4-5,10,14H,2-3,6-9,11H2,(H,19,24). The second kappa shape index (κ2) is 7.21. The second-order valence-corrected chi connectivity index (χ2v) is 6.54. The van der Waals surface area contributed by atoms with Crippen LogP contribution in [0, 0.1) is 0 Å². The van der Waals surface area contributed by atoms with E-state index < -0.39 is 0 Å². The summed E-state index contributed by atoms with van der Waals surface area (Å²) in [5.41, 5.74) is 1.06. The second-order valence-electron chi connectivity index (χ2n) is 6.11. The van der Waals surface area contributed by atoms with Gasteiger partial charge in [-0.2, -0.15) is 0 Å². The quantitative estimate of drug-likeness (QED) is 0.829. The van der Waals surface area contributed by atoms with Gasteiger partial charge in [0, 0.05) is 24.5 Å². The first-order valence-electron chi connectivity index (χ1n) is 8.19. The predicted octanol–water partition coefficient (Wildman–Crippen LogP) is 2.34. The number of hydrogen-bond acceptors (Lipinski definition) is 3. The number of urea groups is 1. The number of benzene rings is 1. The monoisotopic (exact) mass is 349 g/mol. The average molecular weight is 350 g/mol. The van der Waals surface area contributed by atoms with E-state index >= 15 is 0 Å². The molecule has 4 amide bonds. The van der Waals surface area contributed by atoms with Crippen molar-refractivity contribution in [3.63, 3.8) is 0 Å². The molecule has 1 aromatic carbocycles. The molecule has 1 N–H and O–H groups in total. The van der Waals surface area contributed by atoms with Crippen LogP contribution in [0.3, 0.4) is 0 Å². The molecule has 2 heterocycles. The maximum atomic E-state index is 12.5. The summed E-state index contributed by atoms with van der Waals surface area (Å²) in [5, 5.41) is 3.15. The molecular formula is C17H20ClN3O3. The van der Waals surface area contributed by atoms with E-state index in [1.807, 2.05) is 29.2 Å². The highest BCUT2D eigenvalue weighted by molar-refractivity contribution is 6.30. The van der Waals surface area contributed by atoms with Crippen molar-refractivity contribution in [3.05, 3.63) is 34.9 Å².